The summed E-state index contributed by atoms with van der Waals surface area (Å²) < 4.78 is 0. The molecule has 2 aliphatic rings. The second kappa shape index (κ2) is 8.52. The standard InChI is InChI=1S/C32H34O2/c33-31(17-5-6-18-31)21-25-15-13-23-9-1-3-11-27(23)29(25)30-26(22-32(34)19-7-8-20-32)16-14-24-10-2-4-12-28(24)30/h1-4,9-16,33-34H,5-8,17-22H2. The molecule has 4 aromatic carbocycles. The van der Waals surface area contributed by atoms with Gasteiger partial charge in [0.25, 0.3) is 0 Å². The molecular formula is C32H34O2. The summed E-state index contributed by atoms with van der Waals surface area (Å²) in [6.45, 7) is 0. The molecule has 0 atom stereocenters. The average Bonchev–Trinajstić information content (AvgIpc) is 3.47. The van der Waals surface area contributed by atoms with Crippen LogP contribution in [0.1, 0.15) is 62.5 Å². The first-order chi connectivity index (χ1) is 16.5. The van der Waals surface area contributed by atoms with Crippen LogP contribution in [-0.4, -0.2) is 21.4 Å². The van der Waals surface area contributed by atoms with Gasteiger partial charge in [0.1, 0.15) is 0 Å². The maximum Gasteiger partial charge on any atom is 0.0688 e. The largest absolute Gasteiger partial charge is 0.390 e. The second-order valence-electron chi connectivity index (χ2n) is 10.9. The highest BCUT2D eigenvalue weighted by Crippen LogP contribution is 2.44. The van der Waals surface area contributed by atoms with Crippen LogP contribution in [0.3, 0.4) is 0 Å². The van der Waals surface area contributed by atoms with Crippen LogP contribution in [0.2, 0.25) is 0 Å². The number of hydrogen-bond acceptors (Lipinski definition) is 2. The molecule has 0 unspecified atom stereocenters. The van der Waals surface area contributed by atoms with Crippen LogP contribution < -0.4 is 0 Å². The lowest BCUT2D eigenvalue weighted by Crippen LogP contribution is -2.28. The van der Waals surface area contributed by atoms with Crippen LogP contribution in [-0.2, 0) is 12.8 Å². The fourth-order valence-corrected chi connectivity index (χ4v) is 6.65. The van der Waals surface area contributed by atoms with E-state index in [0.717, 1.165) is 51.4 Å². The summed E-state index contributed by atoms with van der Waals surface area (Å²) in [6.07, 6.45) is 9.28. The van der Waals surface area contributed by atoms with Crippen molar-refractivity contribution in [2.45, 2.75) is 75.4 Å². The van der Waals surface area contributed by atoms with E-state index in [9.17, 15) is 10.2 Å². The highest BCUT2D eigenvalue weighted by molar-refractivity contribution is 6.07. The zero-order valence-corrected chi connectivity index (χ0v) is 19.9. The van der Waals surface area contributed by atoms with Crippen molar-refractivity contribution in [1.29, 1.82) is 0 Å². The summed E-state index contributed by atoms with van der Waals surface area (Å²) in [5.74, 6) is 0. The Balaban J connectivity index is 1.63. The molecule has 174 valence electrons. The molecule has 0 saturated heterocycles. The Kier molecular flexibility index (Phi) is 5.47. The van der Waals surface area contributed by atoms with Gasteiger partial charge in [-0.05, 0) is 69.5 Å². The summed E-state index contributed by atoms with van der Waals surface area (Å²) in [7, 11) is 0. The summed E-state index contributed by atoms with van der Waals surface area (Å²) in [5, 5.41) is 27.7. The molecule has 2 aliphatic carbocycles. The summed E-state index contributed by atoms with van der Waals surface area (Å²) in [5.41, 5.74) is 3.69. The molecule has 4 aromatic rings. The van der Waals surface area contributed by atoms with Crippen molar-refractivity contribution in [3.63, 3.8) is 0 Å². The van der Waals surface area contributed by atoms with Gasteiger partial charge in [-0.25, -0.2) is 0 Å². The quantitative estimate of drug-likeness (QED) is 0.333. The van der Waals surface area contributed by atoms with Crippen LogP contribution in [0.4, 0.5) is 0 Å². The first-order valence-electron chi connectivity index (χ1n) is 13.0. The van der Waals surface area contributed by atoms with Gasteiger partial charge in [-0.1, -0.05) is 98.5 Å². The van der Waals surface area contributed by atoms with Crippen molar-refractivity contribution in [3.8, 4) is 11.1 Å². The third-order valence-electron chi connectivity index (χ3n) is 8.39. The maximum atomic E-state index is 11.4. The van der Waals surface area contributed by atoms with Gasteiger partial charge in [0.15, 0.2) is 0 Å². The van der Waals surface area contributed by atoms with Gasteiger partial charge < -0.3 is 10.2 Å². The monoisotopic (exact) mass is 450 g/mol. The van der Waals surface area contributed by atoms with E-state index in [-0.39, 0.29) is 0 Å². The molecule has 0 amide bonds. The van der Waals surface area contributed by atoms with E-state index in [1.54, 1.807) is 0 Å². The minimum absolute atomic E-state index is 0.619. The lowest BCUT2D eigenvalue weighted by molar-refractivity contribution is 0.0474. The predicted molar refractivity (Wildman–Crippen MR) is 141 cm³/mol. The highest BCUT2D eigenvalue weighted by Gasteiger charge is 2.34. The molecule has 0 bridgehead atoms. The van der Waals surface area contributed by atoms with E-state index >= 15 is 0 Å². The van der Waals surface area contributed by atoms with Crippen LogP contribution in [0.5, 0.6) is 0 Å². The number of benzene rings is 4. The van der Waals surface area contributed by atoms with Crippen molar-refractivity contribution in [2.75, 3.05) is 0 Å². The third kappa shape index (κ3) is 3.93. The fourth-order valence-electron chi connectivity index (χ4n) is 6.65. The molecule has 0 radical (unpaired) electrons. The molecular weight excluding hydrogens is 416 g/mol. The van der Waals surface area contributed by atoms with Gasteiger partial charge in [-0.3, -0.25) is 0 Å². The van der Waals surface area contributed by atoms with Crippen LogP contribution in [0.25, 0.3) is 32.7 Å². The van der Waals surface area contributed by atoms with Crippen molar-refractivity contribution >= 4 is 21.5 Å². The van der Waals surface area contributed by atoms with Crippen LogP contribution in [0.15, 0.2) is 72.8 Å². The molecule has 2 N–H and O–H groups in total. The van der Waals surface area contributed by atoms with Crippen LogP contribution in [0, 0.1) is 0 Å². The zero-order chi connectivity index (χ0) is 23.2. The molecule has 6 rings (SSSR count). The molecule has 0 heterocycles. The minimum Gasteiger partial charge on any atom is -0.390 e. The van der Waals surface area contributed by atoms with Crippen molar-refractivity contribution in [1.82, 2.24) is 0 Å². The molecule has 0 aliphatic heterocycles. The van der Waals surface area contributed by atoms with Gasteiger partial charge in [0.2, 0.25) is 0 Å². The van der Waals surface area contributed by atoms with E-state index in [4.69, 9.17) is 0 Å². The molecule has 2 heteroatoms. The van der Waals surface area contributed by atoms with Gasteiger partial charge in [0.05, 0.1) is 11.2 Å². The maximum absolute atomic E-state index is 11.4. The third-order valence-corrected chi connectivity index (χ3v) is 8.39. The van der Waals surface area contributed by atoms with Crippen molar-refractivity contribution in [3.05, 3.63) is 83.9 Å². The Morgan fingerprint density at radius 1 is 0.500 bits per heavy atom. The second-order valence-corrected chi connectivity index (χ2v) is 10.9. The normalized spacial score (nSPS) is 19.2. The predicted octanol–water partition coefficient (Wildman–Crippen LogP) is 7.36. The Bertz CT molecular complexity index is 1230. The molecule has 2 fully saturated rings. The smallest absolute Gasteiger partial charge is 0.0688 e. The highest BCUT2D eigenvalue weighted by atomic mass is 16.3. The Labute approximate surface area is 202 Å². The van der Waals surface area contributed by atoms with E-state index < -0.39 is 11.2 Å². The minimum atomic E-state index is -0.619. The van der Waals surface area contributed by atoms with Crippen LogP contribution >= 0.6 is 0 Å². The number of rotatable bonds is 5. The van der Waals surface area contributed by atoms with Gasteiger partial charge in [0, 0.05) is 12.8 Å². The lowest BCUT2D eigenvalue weighted by Gasteiger charge is -2.28. The van der Waals surface area contributed by atoms with Gasteiger partial charge in [-0.2, -0.15) is 0 Å². The fraction of sp³-hybridized carbons (Fsp3) is 0.375. The first kappa shape index (κ1) is 21.8. The zero-order valence-electron chi connectivity index (χ0n) is 19.9. The Hall–Kier alpha value is -2.68. The average molecular weight is 451 g/mol. The van der Waals surface area contributed by atoms with E-state index in [1.807, 2.05) is 0 Å². The van der Waals surface area contributed by atoms with Crippen molar-refractivity contribution in [2.24, 2.45) is 0 Å². The Morgan fingerprint density at radius 3 is 1.29 bits per heavy atom. The molecule has 34 heavy (non-hydrogen) atoms. The SMILES string of the molecule is OC1(Cc2ccc3ccccc3c2-c2c(CC3(O)CCCC3)ccc3ccccc23)CCCC1. The van der Waals surface area contributed by atoms with E-state index in [2.05, 4.69) is 72.8 Å². The number of hydrogen-bond donors (Lipinski definition) is 2. The first-order valence-corrected chi connectivity index (χ1v) is 13.0. The molecule has 2 saturated carbocycles. The van der Waals surface area contributed by atoms with E-state index in [0.29, 0.717) is 12.8 Å². The summed E-state index contributed by atoms with van der Waals surface area (Å²) in [6, 6.07) is 26.2. The van der Waals surface area contributed by atoms with Crippen molar-refractivity contribution < 1.29 is 10.2 Å². The number of aliphatic hydroxyl groups is 2. The van der Waals surface area contributed by atoms with Gasteiger partial charge >= 0.3 is 0 Å². The topological polar surface area (TPSA) is 40.5 Å². The van der Waals surface area contributed by atoms with E-state index in [1.165, 1.54) is 43.8 Å². The summed E-state index contributed by atoms with van der Waals surface area (Å²) >= 11 is 0. The molecule has 0 spiro atoms. The Morgan fingerprint density at radius 2 is 0.882 bits per heavy atom. The molecule has 0 aromatic heterocycles. The lowest BCUT2D eigenvalue weighted by atomic mass is 9.80. The van der Waals surface area contributed by atoms with Gasteiger partial charge in [-0.15, -0.1) is 0 Å². The number of fused-ring (bicyclic) bond motifs is 2. The summed E-state index contributed by atoms with van der Waals surface area (Å²) in [4.78, 5) is 0. The molecule has 2 nitrogen and oxygen atoms in total.